The van der Waals surface area contributed by atoms with Crippen LogP contribution in [0, 0.1) is 20.3 Å². The Balaban J connectivity index is 0.00000420. The van der Waals surface area contributed by atoms with E-state index in [0.29, 0.717) is 5.57 Å². The third-order valence-electron chi connectivity index (χ3n) is 4.77. The number of carbonyl (C=O) groups is 2. The Morgan fingerprint density at radius 3 is 2.37 bits per heavy atom. The standard InChI is InChI=1S/C18H25O10.CH3.Y/c1-3-8(20)5-10-9(4-2)17(26-7-11(10)16(24)25)28-18-15(23)14(22)13(21)12(6-19)27-18;;/h4,7,10,12-15,17-19,21-23H,1,3,5-6H2,2H3,(H,24,25);1H3;/q2*-1;/b9-4+;;/t10-,12+,13+,14-,15+,17-,18-;;/m0../s1. The summed E-state index contributed by atoms with van der Waals surface area (Å²) < 4.78 is 16.2. The Labute approximate surface area is 200 Å². The Bertz CT molecular complexity index is 647. The second kappa shape index (κ2) is 13.0. The van der Waals surface area contributed by atoms with Crippen LogP contribution >= 0.6 is 0 Å². The Morgan fingerprint density at radius 1 is 1.23 bits per heavy atom. The minimum atomic E-state index is -1.65. The van der Waals surface area contributed by atoms with E-state index >= 15 is 0 Å². The number of hydrogen-bond donors (Lipinski definition) is 5. The average Bonchev–Trinajstić information content (AvgIpc) is 2.68. The molecule has 0 aromatic rings. The third kappa shape index (κ3) is 6.40. The van der Waals surface area contributed by atoms with Gasteiger partial charge in [-0.25, -0.2) is 4.79 Å². The minimum Gasteiger partial charge on any atom is -0.478 e. The number of carboxylic acids is 1. The zero-order valence-corrected chi connectivity index (χ0v) is 19.7. The molecular weight excluding hydrogens is 477 g/mol. The van der Waals surface area contributed by atoms with Crippen LogP contribution in [-0.2, 0) is 56.5 Å². The van der Waals surface area contributed by atoms with Crippen molar-refractivity contribution in [3.63, 3.8) is 0 Å². The maximum absolute atomic E-state index is 11.9. The quantitative estimate of drug-likeness (QED) is 0.221. The van der Waals surface area contributed by atoms with E-state index in [-0.39, 0.29) is 64.3 Å². The van der Waals surface area contributed by atoms with E-state index < -0.39 is 55.5 Å². The molecule has 0 spiro atoms. The second-order valence-electron chi connectivity index (χ2n) is 6.51. The van der Waals surface area contributed by atoms with Gasteiger partial charge in [-0.1, -0.05) is 6.08 Å². The summed E-state index contributed by atoms with van der Waals surface area (Å²) in [6, 6.07) is 0. The zero-order chi connectivity index (χ0) is 21.0. The Hall–Kier alpha value is -0.716. The summed E-state index contributed by atoms with van der Waals surface area (Å²) in [6.45, 7) is 4.48. The van der Waals surface area contributed by atoms with Crippen molar-refractivity contribution in [1.82, 2.24) is 0 Å². The number of ether oxygens (including phenoxy) is 3. The topological polar surface area (TPSA) is 163 Å². The van der Waals surface area contributed by atoms with Gasteiger partial charge in [-0.05, 0) is 6.92 Å². The van der Waals surface area contributed by atoms with E-state index in [1.807, 2.05) is 0 Å². The number of allylic oxidation sites excluding steroid dienone is 1. The first-order chi connectivity index (χ1) is 13.2. The van der Waals surface area contributed by atoms with Crippen LogP contribution in [0.4, 0.5) is 0 Å². The van der Waals surface area contributed by atoms with E-state index in [2.05, 4.69) is 6.92 Å². The molecule has 1 radical (unpaired) electrons. The summed E-state index contributed by atoms with van der Waals surface area (Å²) in [7, 11) is 0. The molecule has 0 aromatic carbocycles. The summed E-state index contributed by atoms with van der Waals surface area (Å²) in [4.78, 5) is 23.4. The number of hydrogen-bond acceptors (Lipinski definition) is 9. The number of aliphatic hydroxyl groups is 4. The van der Waals surface area contributed by atoms with Crippen LogP contribution in [0.3, 0.4) is 0 Å². The van der Waals surface area contributed by atoms with Gasteiger partial charge >= 0.3 is 5.97 Å². The van der Waals surface area contributed by atoms with Gasteiger partial charge in [0.2, 0.25) is 6.29 Å². The SMILES string of the molecule is [CH2-]CC(=O)C[C@@H]1C(C(=O)O)=CO[C@@H](O[C@@H]2O[C@H](CO)[C@@H](O)[C@H](O)[C@H]2O)/C1=C/C.[CH3-].[Y]. The third-order valence-corrected chi connectivity index (χ3v) is 4.77. The number of Topliss-reactive ketones (excluding diaryl/α,β-unsaturated/α-hetero) is 1. The van der Waals surface area contributed by atoms with Crippen LogP contribution < -0.4 is 0 Å². The van der Waals surface area contributed by atoms with Crippen molar-refractivity contribution in [3.05, 3.63) is 37.8 Å². The van der Waals surface area contributed by atoms with Gasteiger partial charge in [0.15, 0.2) is 6.29 Å². The molecule has 0 aliphatic carbocycles. The van der Waals surface area contributed by atoms with E-state index in [4.69, 9.17) is 14.2 Å². The van der Waals surface area contributed by atoms with Crippen molar-refractivity contribution in [2.24, 2.45) is 5.92 Å². The molecule has 0 saturated carbocycles. The molecular formula is C19H28O10Y-2. The number of rotatable bonds is 7. The van der Waals surface area contributed by atoms with Crippen molar-refractivity contribution in [1.29, 1.82) is 0 Å². The van der Waals surface area contributed by atoms with Gasteiger partial charge in [0.25, 0.3) is 0 Å². The van der Waals surface area contributed by atoms with Gasteiger partial charge in [-0.2, -0.15) is 0 Å². The molecule has 0 bridgehead atoms. The normalized spacial score (nSPS) is 34.8. The number of ketones is 1. The van der Waals surface area contributed by atoms with Crippen molar-refractivity contribution in [2.75, 3.05) is 6.61 Å². The summed E-state index contributed by atoms with van der Waals surface area (Å²) >= 11 is 0. The predicted molar refractivity (Wildman–Crippen MR) is 98.7 cm³/mol. The first-order valence-electron chi connectivity index (χ1n) is 8.76. The summed E-state index contributed by atoms with van der Waals surface area (Å²) in [5.41, 5.74) is 0.183. The van der Waals surface area contributed by atoms with Crippen LogP contribution in [0.1, 0.15) is 19.8 Å². The van der Waals surface area contributed by atoms with Gasteiger partial charge < -0.3 is 58.9 Å². The van der Waals surface area contributed by atoms with Gasteiger partial charge in [-0.15, -0.1) is 6.42 Å². The maximum atomic E-state index is 11.9. The number of aliphatic hydroxyl groups excluding tert-OH is 4. The zero-order valence-electron chi connectivity index (χ0n) is 16.9. The van der Waals surface area contributed by atoms with Crippen LogP contribution in [0.15, 0.2) is 23.5 Å². The molecule has 0 aromatic heterocycles. The first kappa shape index (κ1) is 29.3. The monoisotopic (exact) mass is 505 g/mol. The number of carboxylic acid groups (broad SMARTS) is 1. The first-order valence-corrected chi connectivity index (χ1v) is 8.76. The maximum Gasteiger partial charge on any atom is 0.335 e. The summed E-state index contributed by atoms with van der Waals surface area (Å²) in [5.74, 6) is -2.35. The average molecular weight is 505 g/mol. The fourth-order valence-electron chi connectivity index (χ4n) is 3.15. The molecule has 5 N–H and O–H groups in total. The molecule has 1 saturated heterocycles. The molecule has 1 fully saturated rings. The molecule has 2 heterocycles. The molecule has 0 amide bonds. The van der Waals surface area contributed by atoms with Gasteiger partial charge in [0.05, 0.1) is 18.4 Å². The van der Waals surface area contributed by atoms with Crippen LogP contribution in [0.2, 0.25) is 0 Å². The molecule has 2 aliphatic heterocycles. The molecule has 7 atom stereocenters. The molecule has 2 rings (SSSR count). The number of aliphatic carboxylic acids is 1. The van der Waals surface area contributed by atoms with Crippen molar-refractivity contribution >= 4 is 11.8 Å². The van der Waals surface area contributed by atoms with E-state index in [9.17, 15) is 35.1 Å². The van der Waals surface area contributed by atoms with Crippen molar-refractivity contribution in [2.45, 2.75) is 56.8 Å². The van der Waals surface area contributed by atoms with Gasteiger partial charge in [0, 0.05) is 50.6 Å². The second-order valence-corrected chi connectivity index (χ2v) is 6.51. The fraction of sp³-hybridized carbons (Fsp3) is 0.579. The van der Waals surface area contributed by atoms with E-state index in [0.717, 1.165) is 6.26 Å². The van der Waals surface area contributed by atoms with Gasteiger partial charge in [-0.3, -0.25) is 0 Å². The fourth-order valence-corrected chi connectivity index (χ4v) is 3.15. The summed E-state index contributed by atoms with van der Waals surface area (Å²) in [6.07, 6.45) is -6.33. The molecule has 169 valence electrons. The molecule has 2 aliphatic rings. The smallest absolute Gasteiger partial charge is 0.335 e. The number of carbonyl (C=O) groups excluding carboxylic acids is 1. The molecule has 30 heavy (non-hydrogen) atoms. The van der Waals surface area contributed by atoms with E-state index in [1.165, 1.54) is 6.08 Å². The minimum absolute atomic E-state index is 0. The summed E-state index contributed by atoms with van der Waals surface area (Å²) in [5, 5.41) is 48.5. The predicted octanol–water partition coefficient (Wildman–Crippen LogP) is -0.679. The van der Waals surface area contributed by atoms with E-state index in [1.54, 1.807) is 6.92 Å². The van der Waals surface area contributed by atoms with Crippen molar-refractivity contribution in [3.8, 4) is 0 Å². The molecule has 10 nitrogen and oxygen atoms in total. The van der Waals surface area contributed by atoms with Crippen LogP contribution in [0.25, 0.3) is 0 Å². The van der Waals surface area contributed by atoms with Gasteiger partial charge in [0.1, 0.15) is 30.2 Å². The van der Waals surface area contributed by atoms with Crippen LogP contribution in [-0.4, -0.2) is 80.9 Å². The molecule has 11 heteroatoms. The Kier molecular flexibility index (Phi) is 12.7. The largest absolute Gasteiger partial charge is 0.478 e. The van der Waals surface area contributed by atoms with Crippen molar-refractivity contribution < 1.29 is 82.0 Å². The Morgan fingerprint density at radius 2 is 1.87 bits per heavy atom. The van der Waals surface area contributed by atoms with Crippen LogP contribution in [0.5, 0.6) is 0 Å². The molecule has 0 unspecified atom stereocenters.